The van der Waals surface area contributed by atoms with E-state index in [1.54, 1.807) is 0 Å². The number of hydrogen-bond donors (Lipinski definition) is 2. The van der Waals surface area contributed by atoms with Gasteiger partial charge in [0, 0.05) is 0 Å². The molecular formula is C10H20O4. The van der Waals surface area contributed by atoms with Gasteiger partial charge in [0.05, 0.1) is 38.6 Å². The summed E-state index contributed by atoms with van der Waals surface area (Å²) in [6.07, 6.45) is 4.51. The molecule has 4 heteroatoms. The summed E-state index contributed by atoms with van der Waals surface area (Å²) < 4.78 is 11.0. The summed E-state index contributed by atoms with van der Waals surface area (Å²) in [5.74, 6) is 0. The second-order valence-corrected chi connectivity index (χ2v) is 3.55. The third kappa shape index (κ3) is 3.92. The van der Waals surface area contributed by atoms with Crippen LogP contribution in [-0.4, -0.2) is 48.8 Å². The summed E-state index contributed by atoms with van der Waals surface area (Å²) in [6.45, 7) is 0.875. The normalized spacial score (nSPS) is 27.9. The molecular weight excluding hydrogens is 184 g/mol. The van der Waals surface area contributed by atoms with Crippen LogP contribution in [0.15, 0.2) is 0 Å². The second kappa shape index (κ2) is 7.17. The molecule has 0 amide bonds. The van der Waals surface area contributed by atoms with Crippen molar-refractivity contribution in [2.24, 2.45) is 0 Å². The first-order chi connectivity index (χ1) is 6.88. The minimum absolute atomic E-state index is 0.0587. The zero-order valence-corrected chi connectivity index (χ0v) is 8.52. The van der Waals surface area contributed by atoms with Gasteiger partial charge in [-0.3, -0.25) is 0 Å². The van der Waals surface area contributed by atoms with E-state index in [2.05, 4.69) is 0 Å². The second-order valence-electron chi connectivity index (χ2n) is 3.55. The van der Waals surface area contributed by atoms with E-state index in [4.69, 9.17) is 19.7 Å². The molecule has 2 atom stereocenters. The van der Waals surface area contributed by atoms with Crippen molar-refractivity contribution in [1.29, 1.82) is 0 Å². The molecule has 1 fully saturated rings. The van der Waals surface area contributed by atoms with Crippen LogP contribution in [0.25, 0.3) is 0 Å². The highest BCUT2D eigenvalue weighted by Gasteiger charge is 2.25. The lowest BCUT2D eigenvalue weighted by molar-refractivity contribution is -0.102. The lowest BCUT2D eigenvalue weighted by atomic mass is 9.94. The van der Waals surface area contributed by atoms with Crippen LogP contribution < -0.4 is 0 Å². The van der Waals surface area contributed by atoms with Crippen LogP contribution in [0, 0.1) is 0 Å². The van der Waals surface area contributed by atoms with Crippen molar-refractivity contribution in [1.82, 2.24) is 0 Å². The summed E-state index contributed by atoms with van der Waals surface area (Å²) in [4.78, 5) is 0. The van der Waals surface area contributed by atoms with E-state index in [0.717, 1.165) is 25.7 Å². The average Bonchev–Trinajstić information content (AvgIpc) is 2.24. The van der Waals surface area contributed by atoms with Gasteiger partial charge in [0.2, 0.25) is 0 Å². The third-order valence-electron chi connectivity index (χ3n) is 2.49. The van der Waals surface area contributed by atoms with E-state index in [1.165, 1.54) is 0 Å². The van der Waals surface area contributed by atoms with Gasteiger partial charge in [0.1, 0.15) is 0 Å². The molecule has 1 aliphatic rings. The molecule has 0 spiro atoms. The van der Waals surface area contributed by atoms with Gasteiger partial charge in [-0.2, -0.15) is 0 Å². The molecule has 2 unspecified atom stereocenters. The van der Waals surface area contributed by atoms with Crippen molar-refractivity contribution in [2.45, 2.75) is 37.9 Å². The summed E-state index contributed by atoms with van der Waals surface area (Å²) in [5, 5.41) is 17.3. The van der Waals surface area contributed by atoms with Crippen LogP contribution >= 0.6 is 0 Å². The maximum Gasteiger partial charge on any atom is 0.0837 e. The van der Waals surface area contributed by atoms with Crippen LogP contribution in [0.4, 0.5) is 0 Å². The summed E-state index contributed by atoms with van der Waals surface area (Å²) in [7, 11) is 0. The quantitative estimate of drug-likeness (QED) is 0.654. The van der Waals surface area contributed by atoms with Crippen LogP contribution in [0.2, 0.25) is 0 Å². The molecule has 2 N–H and O–H groups in total. The summed E-state index contributed by atoms with van der Waals surface area (Å²) >= 11 is 0. The van der Waals surface area contributed by atoms with Crippen LogP contribution in [-0.2, 0) is 9.47 Å². The van der Waals surface area contributed by atoms with E-state index in [-0.39, 0.29) is 25.4 Å². The fourth-order valence-electron chi connectivity index (χ4n) is 1.85. The van der Waals surface area contributed by atoms with E-state index in [9.17, 15) is 0 Å². The molecule has 0 saturated heterocycles. The highest BCUT2D eigenvalue weighted by Crippen LogP contribution is 2.23. The Hall–Kier alpha value is -0.160. The highest BCUT2D eigenvalue weighted by molar-refractivity contribution is 4.76. The van der Waals surface area contributed by atoms with Gasteiger partial charge >= 0.3 is 0 Å². The Labute approximate surface area is 84.8 Å². The zero-order valence-electron chi connectivity index (χ0n) is 8.52. The van der Waals surface area contributed by atoms with Crippen molar-refractivity contribution in [3.05, 3.63) is 0 Å². The predicted octanol–water partition coefficient (Wildman–Crippen LogP) is 0.315. The Kier molecular flexibility index (Phi) is 6.10. The third-order valence-corrected chi connectivity index (χ3v) is 2.49. The molecule has 4 nitrogen and oxygen atoms in total. The van der Waals surface area contributed by atoms with Crippen molar-refractivity contribution < 1.29 is 19.7 Å². The average molecular weight is 204 g/mol. The first kappa shape index (κ1) is 11.9. The SMILES string of the molecule is OCCOC1CCCCC1OCCO. The van der Waals surface area contributed by atoms with Gasteiger partial charge < -0.3 is 19.7 Å². The Morgan fingerprint density at radius 1 is 0.857 bits per heavy atom. The molecule has 0 bridgehead atoms. The smallest absolute Gasteiger partial charge is 0.0837 e. The number of aliphatic hydroxyl groups excluding tert-OH is 2. The molecule has 1 saturated carbocycles. The predicted molar refractivity (Wildman–Crippen MR) is 52.1 cm³/mol. The van der Waals surface area contributed by atoms with Crippen molar-refractivity contribution in [3.8, 4) is 0 Å². The molecule has 0 heterocycles. The van der Waals surface area contributed by atoms with Crippen LogP contribution in [0.5, 0.6) is 0 Å². The Balaban J connectivity index is 2.26. The van der Waals surface area contributed by atoms with Crippen molar-refractivity contribution >= 4 is 0 Å². The van der Waals surface area contributed by atoms with Gasteiger partial charge in [-0.05, 0) is 12.8 Å². The maximum absolute atomic E-state index is 8.65. The molecule has 1 aliphatic carbocycles. The first-order valence-corrected chi connectivity index (χ1v) is 5.33. The van der Waals surface area contributed by atoms with Crippen molar-refractivity contribution in [3.63, 3.8) is 0 Å². The van der Waals surface area contributed by atoms with Gasteiger partial charge in [-0.1, -0.05) is 12.8 Å². The molecule has 84 valence electrons. The van der Waals surface area contributed by atoms with Gasteiger partial charge in [0.15, 0.2) is 0 Å². The summed E-state index contributed by atoms with van der Waals surface area (Å²) in [6, 6.07) is 0. The topological polar surface area (TPSA) is 58.9 Å². The largest absolute Gasteiger partial charge is 0.394 e. The van der Waals surface area contributed by atoms with Crippen molar-refractivity contribution in [2.75, 3.05) is 26.4 Å². The number of hydrogen-bond acceptors (Lipinski definition) is 4. The molecule has 0 aromatic carbocycles. The monoisotopic (exact) mass is 204 g/mol. The molecule has 1 rings (SSSR count). The minimum Gasteiger partial charge on any atom is -0.394 e. The summed E-state index contributed by atoms with van der Waals surface area (Å²) in [5.41, 5.74) is 0. The van der Waals surface area contributed by atoms with E-state index < -0.39 is 0 Å². The zero-order chi connectivity index (χ0) is 10.2. The standard InChI is InChI=1S/C10H20O4/c11-5-7-13-9-3-1-2-4-10(9)14-8-6-12/h9-12H,1-8H2. The number of rotatable bonds is 6. The number of ether oxygens (including phenoxy) is 2. The Morgan fingerprint density at radius 2 is 1.29 bits per heavy atom. The fraction of sp³-hybridized carbons (Fsp3) is 1.00. The fourth-order valence-corrected chi connectivity index (χ4v) is 1.85. The van der Waals surface area contributed by atoms with Crippen LogP contribution in [0.3, 0.4) is 0 Å². The Bertz CT molecular complexity index is 124. The van der Waals surface area contributed by atoms with Gasteiger partial charge in [-0.15, -0.1) is 0 Å². The molecule has 0 radical (unpaired) electrons. The molecule has 0 aromatic rings. The van der Waals surface area contributed by atoms with Gasteiger partial charge in [0.25, 0.3) is 0 Å². The van der Waals surface area contributed by atoms with Crippen LogP contribution in [0.1, 0.15) is 25.7 Å². The Morgan fingerprint density at radius 3 is 1.64 bits per heavy atom. The molecule has 0 aromatic heterocycles. The van der Waals surface area contributed by atoms with E-state index in [1.807, 2.05) is 0 Å². The first-order valence-electron chi connectivity index (χ1n) is 5.33. The van der Waals surface area contributed by atoms with Gasteiger partial charge in [-0.25, -0.2) is 0 Å². The lowest BCUT2D eigenvalue weighted by Gasteiger charge is -2.31. The number of aliphatic hydroxyl groups is 2. The molecule has 0 aliphatic heterocycles. The van der Waals surface area contributed by atoms with E-state index >= 15 is 0 Å². The molecule has 14 heavy (non-hydrogen) atoms. The highest BCUT2D eigenvalue weighted by atomic mass is 16.5. The minimum atomic E-state index is 0.0587. The maximum atomic E-state index is 8.65. The van der Waals surface area contributed by atoms with E-state index in [0.29, 0.717) is 13.2 Å². The lowest BCUT2D eigenvalue weighted by Crippen LogP contribution is -2.36.